The molecule has 0 aliphatic rings. The molecule has 0 saturated heterocycles. The Labute approximate surface area is 100 Å². The Morgan fingerprint density at radius 3 is 1.64 bits per heavy atom. The van der Waals surface area contributed by atoms with Gasteiger partial charge in [0, 0.05) is 0 Å². The topological polar surface area (TPSA) is 0 Å². The SMILES string of the molecule is Cl.F.F.F.F.[S]c1cccc(Cl)c1Cl. The lowest BCUT2D eigenvalue weighted by atomic mass is 10.4. The highest BCUT2D eigenvalue weighted by Gasteiger charge is 1.98. The summed E-state index contributed by atoms with van der Waals surface area (Å²) in [5.74, 6) is 0. The molecule has 1 aromatic rings. The van der Waals surface area contributed by atoms with Gasteiger partial charge in [-0.05, 0) is 12.1 Å². The van der Waals surface area contributed by atoms with Gasteiger partial charge in [0.25, 0.3) is 0 Å². The van der Waals surface area contributed by atoms with Gasteiger partial charge >= 0.3 is 0 Å². The van der Waals surface area contributed by atoms with Crippen molar-refractivity contribution in [1.82, 2.24) is 0 Å². The number of hydrogen-bond donors (Lipinski definition) is 0. The number of hydrogen-bond acceptors (Lipinski definition) is 0. The van der Waals surface area contributed by atoms with E-state index in [9.17, 15) is 0 Å². The molecular weight excluding hydrogens is 286 g/mol. The van der Waals surface area contributed by atoms with E-state index in [1.54, 1.807) is 18.2 Å². The monoisotopic (exact) mass is 293 g/mol. The van der Waals surface area contributed by atoms with Crippen LogP contribution < -0.4 is 0 Å². The van der Waals surface area contributed by atoms with E-state index < -0.39 is 0 Å². The Balaban J connectivity index is -0.0000000540. The summed E-state index contributed by atoms with van der Waals surface area (Å²) >= 11 is 16.1. The lowest BCUT2D eigenvalue weighted by Crippen LogP contribution is -1.68. The second-order valence-electron chi connectivity index (χ2n) is 1.55. The first-order valence-electron chi connectivity index (χ1n) is 2.33. The fourth-order valence-electron chi connectivity index (χ4n) is 0.484. The van der Waals surface area contributed by atoms with Crippen LogP contribution in [0.3, 0.4) is 0 Å². The minimum atomic E-state index is 0. The Morgan fingerprint density at radius 1 is 0.929 bits per heavy atom. The Hall–Kier alpha value is 0.0300. The molecule has 0 atom stereocenters. The van der Waals surface area contributed by atoms with Crippen LogP contribution in [0.15, 0.2) is 23.1 Å². The standard InChI is InChI=1S/C6H3Cl2S.ClH.4FH/c7-4-2-1-3-5(9)6(4)8;;;;;/h1-3H;5*1H. The van der Waals surface area contributed by atoms with Gasteiger partial charge in [0.2, 0.25) is 0 Å². The maximum Gasteiger partial charge on any atom is 0.0772 e. The molecule has 87 valence electrons. The molecule has 0 saturated carbocycles. The maximum atomic E-state index is 5.64. The van der Waals surface area contributed by atoms with Crippen LogP contribution in [0.1, 0.15) is 0 Å². The average molecular weight is 295 g/mol. The van der Waals surface area contributed by atoms with Crippen molar-refractivity contribution in [2.75, 3.05) is 0 Å². The van der Waals surface area contributed by atoms with Crippen LogP contribution in [-0.2, 0) is 0 Å². The third kappa shape index (κ3) is 7.44. The fraction of sp³-hybridized carbons (Fsp3) is 0. The highest BCUT2D eigenvalue weighted by atomic mass is 35.5. The van der Waals surface area contributed by atoms with Crippen molar-refractivity contribution in [3.8, 4) is 0 Å². The van der Waals surface area contributed by atoms with Crippen molar-refractivity contribution >= 4 is 48.2 Å². The lowest BCUT2D eigenvalue weighted by Gasteiger charge is -1.94. The molecule has 0 heterocycles. The Morgan fingerprint density at radius 2 is 1.36 bits per heavy atom. The van der Waals surface area contributed by atoms with Crippen molar-refractivity contribution < 1.29 is 18.8 Å². The van der Waals surface area contributed by atoms with Crippen molar-refractivity contribution in [1.29, 1.82) is 0 Å². The van der Waals surface area contributed by atoms with E-state index in [1.165, 1.54) is 0 Å². The second kappa shape index (κ2) is 13.0. The molecule has 0 unspecified atom stereocenters. The summed E-state index contributed by atoms with van der Waals surface area (Å²) in [7, 11) is 0. The normalized spacial score (nSPS) is 6.14. The van der Waals surface area contributed by atoms with Crippen LogP contribution >= 0.6 is 48.2 Å². The molecule has 1 radical (unpaired) electrons. The van der Waals surface area contributed by atoms with Crippen molar-refractivity contribution in [3.63, 3.8) is 0 Å². The molecule has 0 aliphatic heterocycles. The first-order chi connectivity index (χ1) is 4.22. The molecule has 0 N–H and O–H groups in total. The molecule has 0 bridgehead atoms. The summed E-state index contributed by atoms with van der Waals surface area (Å²) in [6.45, 7) is 0. The van der Waals surface area contributed by atoms with E-state index in [-0.39, 0.29) is 31.2 Å². The summed E-state index contributed by atoms with van der Waals surface area (Å²) in [4.78, 5) is 0.601. The third-order valence-corrected chi connectivity index (χ3v) is 2.19. The van der Waals surface area contributed by atoms with Gasteiger partial charge in [-0.2, -0.15) is 0 Å². The van der Waals surface area contributed by atoms with E-state index in [0.717, 1.165) is 0 Å². The highest BCUT2D eigenvalue weighted by molar-refractivity contribution is 7.80. The molecular formula is C6H8Cl3F4S. The van der Waals surface area contributed by atoms with E-state index in [1.807, 2.05) is 0 Å². The van der Waals surface area contributed by atoms with E-state index in [2.05, 4.69) is 0 Å². The number of rotatable bonds is 0. The van der Waals surface area contributed by atoms with Gasteiger partial charge in [0.05, 0.1) is 14.9 Å². The molecule has 14 heavy (non-hydrogen) atoms. The van der Waals surface area contributed by atoms with Crippen LogP contribution in [-0.4, -0.2) is 0 Å². The molecule has 0 nitrogen and oxygen atoms in total. The zero-order valence-corrected chi connectivity index (χ0v) is 9.58. The molecule has 1 rings (SSSR count). The summed E-state index contributed by atoms with van der Waals surface area (Å²) in [5.41, 5.74) is 0. The van der Waals surface area contributed by atoms with Gasteiger partial charge in [-0.15, -0.1) is 12.4 Å². The maximum absolute atomic E-state index is 5.64. The second-order valence-corrected chi connectivity index (χ2v) is 2.78. The van der Waals surface area contributed by atoms with Gasteiger partial charge in [0.1, 0.15) is 0 Å². The Bertz CT molecular complexity index is 216. The van der Waals surface area contributed by atoms with Crippen LogP contribution in [0.25, 0.3) is 0 Å². The van der Waals surface area contributed by atoms with Crippen molar-refractivity contribution in [2.45, 2.75) is 4.90 Å². The van der Waals surface area contributed by atoms with Crippen LogP contribution in [0, 0.1) is 0 Å². The van der Waals surface area contributed by atoms with Crippen molar-refractivity contribution in [2.24, 2.45) is 0 Å². The summed E-state index contributed by atoms with van der Waals surface area (Å²) < 4.78 is 0. The third-order valence-electron chi connectivity index (χ3n) is 0.916. The van der Waals surface area contributed by atoms with Gasteiger partial charge in [-0.25, -0.2) is 0 Å². The predicted molar refractivity (Wildman–Crippen MR) is 59.6 cm³/mol. The van der Waals surface area contributed by atoms with Gasteiger partial charge in [-0.3, -0.25) is 18.8 Å². The van der Waals surface area contributed by atoms with Crippen LogP contribution in [0.5, 0.6) is 0 Å². The van der Waals surface area contributed by atoms with Gasteiger partial charge in [0.15, 0.2) is 0 Å². The van der Waals surface area contributed by atoms with Crippen LogP contribution in [0.4, 0.5) is 18.8 Å². The quantitative estimate of drug-likeness (QED) is 0.614. The molecule has 0 spiro atoms. The molecule has 0 aromatic heterocycles. The first-order valence-corrected chi connectivity index (χ1v) is 3.49. The Kier molecular flexibility index (Phi) is 27.2. The number of halogens is 7. The van der Waals surface area contributed by atoms with E-state index >= 15 is 0 Å². The summed E-state index contributed by atoms with van der Waals surface area (Å²) in [6.07, 6.45) is 0. The molecule has 0 fully saturated rings. The average Bonchev–Trinajstić information content (AvgIpc) is 1.83. The van der Waals surface area contributed by atoms with E-state index in [4.69, 9.17) is 35.8 Å². The molecule has 8 heteroatoms. The fourth-order valence-corrected chi connectivity index (χ4v) is 1.03. The van der Waals surface area contributed by atoms with Crippen LogP contribution in [0.2, 0.25) is 10.0 Å². The molecule has 0 aliphatic carbocycles. The number of benzene rings is 1. The lowest BCUT2D eigenvalue weighted by molar-refractivity contribution is 1.11. The zero-order valence-electron chi connectivity index (χ0n) is 6.44. The van der Waals surface area contributed by atoms with Crippen molar-refractivity contribution in [3.05, 3.63) is 28.2 Å². The smallest absolute Gasteiger partial charge is 0.0772 e. The molecule has 0 amide bonds. The highest BCUT2D eigenvalue weighted by Crippen LogP contribution is 2.27. The molecule has 1 aromatic carbocycles. The van der Waals surface area contributed by atoms with Gasteiger partial charge in [-0.1, -0.05) is 41.9 Å². The zero-order chi connectivity index (χ0) is 6.85. The summed E-state index contributed by atoms with van der Waals surface area (Å²) in [6, 6.07) is 5.22. The minimum absolute atomic E-state index is 0. The van der Waals surface area contributed by atoms with Gasteiger partial charge < -0.3 is 0 Å². The predicted octanol–water partition coefficient (Wildman–Crippen LogP) is 4.58. The minimum Gasteiger partial charge on any atom is -0.269 e. The summed E-state index contributed by atoms with van der Waals surface area (Å²) in [5, 5.41) is 0.985. The first kappa shape index (κ1) is 29.2. The largest absolute Gasteiger partial charge is 0.269 e. The van der Waals surface area contributed by atoms with E-state index in [0.29, 0.717) is 14.9 Å².